The van der Waals surface area contributed by atoms with Crippen molar-refractivity contribution in [1.82, 2.24) is 4.72 Å². The van der Waals surface area contributed by atoms with Gasteiger partial charge in [-0.1, -0.05) is 30.3 Å². The summed E-state index contributed by atoms with van der Waals surface area (Å²) in [6.45, 7) is -0.248. The minimum atomic E-state index is -3.62. The van der Waals surface area contributed by atoms with Gasteiger partial charge in [-0.2, -0.15) is 0 Å². The molecule has 0 saturated heterocycles. The van der Waals surface area contributed by atoms with Crippen LogP contribution in [0, 0.1) is 0 Å². The van der Waals surface area contributed by atoms with Crippen LogP contribution in [0.3, 0.4) is 0 Å². The molecule has 0 radical (unpaired) electrons. The van der Waals surface area contributed by atoms with Crippen LogP contribution in [0.4, 0.5) is 0 Å². The highest BCUT2D eigenvalue weighted by molar-refractivity contribution is 9.11. The molecule has 1 N–H and O–H groups in total. The molecule has 0 bridgehead atoms. The Morgan fingerprint density at radius 1 is 1.16 bits per heavy atom. The second-order valence-corrected chi connectivity index (χ2v) is 8.13. The highest BCUT2D eigenvalue weighted by Gasteiger charge is 2.17. The second-order valence-electron chi connectivity index (χ2n) is 3.67. The second kappa shape index (κ2) is 5.96. The van der Waals surface area contributed by atoms with Gasteiger partial charge in [0.05, 0.1) is 10.3 Å². The van der Waals surface area contributed by atoms with Gasteiger partial charge in [0.15, 0.2) is 5.78 Å². The topological polar surface area (TPSA) is 63.2 Å². The molecule has 0 fully saturated rings. The molecule has 0 unspecified atom stereocenters. The zero-order valence-corrected chi connectivity index (χ0v) is 12.9. The van der Waals surface area contributed by atoms with Crippen LogP contribution in [0.25, 0.3) is 0 Å². The number of ketones is 1. The molecule has 2 rings (SSSR count). The van der Waals surface area contributed by atoms with E-state index in [1.807, 2.05) is 0 Å². The van der Waals surface area contributed by atoms with Crippen molar-refractivity contribution >= 4 is 43.1 Å². The fraction of sp³-hybridized carbons (Fsp3) is 0.0833. The van der Waals surface area contributed by atoms with Crippen LogP contribution in [-0.2, 0) is 10.0 Å². The van der Waals surface area contributed by atoms with Gasteiger partial charge in [0.2, 0.25) is 10.0 Å². The molecular weight excluding hydrogens is 350 g/mol. The van der Waals surface area contributed by atoms with Crippen molar-refractivity contribution in [2.45, 2.75) is 4.21 Å². The molecule has 0 spiro atoms. The number of carbonyl (C=O) groups excluding carboxylic acids is 1. The summed E-state index contributed by atoms with van der Waals surface area (Å²) in [6, 6.07) is 11.7. The van der Waals surface area contributed by atoms with Crippen molar-refractivity contribution in [3.63, 3.8) is 0 Å². The van der Waals surface area contributed by atoms with Gasteiger partial charge >= 0.3 is 0 Å². The van der Waals surface area contributed by atoms with Crippen LogP contribution in [0.5, 0.6) is 0 Å². The van der Waals surface area contributed by atoms with Gasteiger partial charge in [-0.15, -0.1) is 11.3 Å². The molecule has 19 heavy (non-hydrogen) atoms. The summed E-state index contributed by atoms with van der Waals surface area (Å²) in [5.74, 6) is -0.264. The molecule has 100 valence electrons. The average Bonchev–Trinajstić information content (AvgIpc) is 2.85. The zero-order chi connectivity index (χ0) is 13.9. The number of carbonyl (C=O) groups is 1. The summed E-state index contributed by atoms with van der Waals surface area (Å²) in [5.41, 5.74) is 0.484. The molecule has 0 aliphatic heterocycles. The summed E-state index contributed by atoms with van der Waals surface area (Å²) in [7, 11) is -3.62. The Morgan fingerprint density at radius 2 is 1.84 bits per heavy atom. The van der Waals surface area contributed by atoms with E-state index in [1.54, 1.807) is 36.4 Å². The maximum atomic E-state index is 11.9. The van der Waals surface area contributed by atoms with Crippen molar-refractivity contribution in [3.05, 3.63) is 51.8 Å². The Balaban J connectivity index is 2.05. The number of benzene rings is 1. The van der Waals surface area contributed by atoms with E-state index in [1.165, 1.54) is 6.07 Å². The third-order valence-corrected chi connectivity index (χ3v) is 5.85. The SMILES string of the molecule is O=C(CNS(=O)(=O)c1ccc(Br)s1)c1ccccc1. The lowest BCUT2D eigenvalue weighted by atomic mass is 10.1. The third-order valence-electron chi connectivity index (χ3n) is 2.33. The number of sulfonamides is 1. The number of rotatable bonds is 5. The first kappa shape index (κ1) is 14.4. The number of thiophene rings is 1. The summed E-state index contributed by atoms with van der Waals surface area (Å²) in [5, 5.41) is 0. The van der Waals surface area contributed by atoms with Crippen LogP contribution in [0.2, 0.25) is 0 Å². The van der Waals surface area contributed by atoms with Gasteiger partial charge in [0.25, 0.3) is 0 Å². The number of hydrogen-bond acceptors (Lipinski definition) is 4. The summed E-state index contributed by atoms with van der Waals surface area (Å²) in [6.07, 6.45) is 0. The summed E-state index contributed by atoms with van der Waals surface area (Å²) in [4.78, 5) is 11.8. The van der Waals surface area contributed by atoms with E-state index in [-0.39, 0.29) is 16.5 Å². The molecule has 0 aliphatic rings. The van der Waals surface area contributed by atoms with Crippen molar-refractivity contribution in [2.75, 3.05) is 6.54 Å². The molecule has 0 atom stereocenters. The van der Waals surface area contributed by atoms with E-state index in [4.69, 9.17) is 0 Å². The van der Waals surface area contributed by atoms with Gasteiger partial charge in [0.1, 0.15) is 4.21 Å². The van der Waals surface area contributed by atoms with E-state index >= 15 is 0 Å². The van der Waals surface area contributed by atoms with Gasteiger partial charge in [-0.05, 0) is 28.1 Å². The molecule has 0 saturated carbocycles. The van der Waals surface area contributed by atoms with Crippen molar-refractivity contribution in [3.8, 4) is 0 Å². The van der Waals surface area contributed by atoms with Crippen LogP contribution in [0.1, 0.15) is 10.4 Å². The van der Waals surface area contributed by atoms with E-state index in [0.29, 0.717) is 5.56 Å². The first-order chi connectivity index (χ1) is 8.99. The Morgan fingerprint density at radius 3 is 2.42 bits per heavy atom. The van der Waals surface area contributed by atoms with E-state index in [2.05, 4.69) is 20.7 Å². The van der Waals surface area contributed by atoms with Gasteiger partial charge in [-0.25, -0.2) is 13.1 Å². The Labute approximate surface area is 123 Å². The maximum Gasteiger partial charge on any atom is 0.250 e. The standard InChI is InChI=1S/C12H10BrNO3S2/c13-11-6-7-12(18-11)19(16,17)14-8-10(15)9-4-2-1-3-5-9/h1-7,14H,8H2. The first-order valence-electron chi connectivity index (χ1n) is 5.32. The Hall–Kier alpha value is -1.02. The highest BCUT2D eigenvalue weighted by atomic mass is 79.9. The largest absolute Gasteiger partial charge is 0.293 e. The van der Waals surface area contributed by atoms with Gasteiger partial charge < -0.3 is 0 Å². The predicted molar refractivity (Wildman–Crippen MR) is 78.0 cm³/mol. The lowest BCUT2D eigenvalue weighted by Gasteiger charge is -2.04. The normalized spacial score (nSPS) is 11.4. The molecule has 1 heterocycles. The molecular formula is C12H10BrNO3S2. The Kier molecular flexibility index (Phi) is 4.51. The van der Waals surface area contributed by atoms with Crippen LogP contribution in [0.15, 0.2) is 50.5 Å². The maximum absolute atomic E-state index is 11.9. The zero-order valence-electron chi connectivity index (χ0n) is 9.67. The average molecular weight is 360 g/mol. The lowest BCUT2D eigenvalue weighted by Crippen LogP contribution is -2.29. The fourth-order valence-electron chi connectivity index (χ4n) is 1.40. The highest BCUT2D eigenvalue weighted by Crippen LogP contribution is 2.25. The molecule has 1 aromatic heterocycles. The quantitative estimate of drug-likeness (QED) is 0.834. The van der Waals surface area contributed by atoms with Crippen LogP contribution < -0.4 is 4.72 Å². The monoisotopic (exact) mass is 359 g/mol. The predicted octanol–water partition coefficient (Wildman–Crippen LogP) is 2.67. The van der Waals surface area contributed by atoms with Crippen LogP contribution >= 0.6 is 27.3 Å². The molecule has 2 aromatic rings. The number of nitrogens with one attached hydrogen (secondary N) is 1. The minimum Gasteiger partial charge on any atom is -0.293 e. The van der Waals surface area contributed by atoms with Crippen molar-refractivity contribution in [1.29, 1.82) is 0 Å². The van der Waals surface area contributed by atoms with E-state index < -0.39 is 10.0 Å². The first-order valence-corrected chi connectivity index (χ1v) is 8.41. The molecule has 0 aliphatic carbocycles. The summed E-state index contributed by atoms with van der Waals surface area (Å²) >= 11 is 4.30. The van der Waals surface area contributed by atoms with Crippen LogP contribution in [-0.4, -0.2) is 20.7 Å². The van der Waals surface area contributed by atoms with Gasteiger partial charge in [-0.3, -0.25) is 4.79 Å². The molecule has 1 aromatic carbocycles. The smallest absolute Gasteiger partial charge is 0.250 e. The lowest BCUT2D eigenvalue weighted by molar-refractivity contribution is 0.0997. The number of halogens is 1. The van der Waals surface area contributed by atoms with Crippen molar-refractivity contribution < 1.29 is 13.2 Å². The molecule has 4 nitrogen and oxygen atoms in total. The minimum absolute atomic E-state index is 0.181. The summed E-state index contributed by atoms with van der Waals surface area (Å²) < 4.78 is 27.0. The fourth-order valence-corrected chi connectivity index (χ4v) is 4.44. The third kappa shape index (κ3) is 3.73. The van der Waals surface area contributed by atoms with Crippen molar-refractivity contribution in [2.24, 2.45) is 0 Å². The Bertz CT molecular complexity index is 680. The molecule has 0 amide bonds. The van der Waals surface area contributed by atoms with Gasteiger partial charge in [0, 0.05) is 5.56 Å². The molecule has 7 heteroatoms. The van der Waals surface area contributed by atoms with E-state index in [9.17, 15) is 13.2 Å². The van der Waals surface area contributed by atoms with E-state index in [0.717, 1.165) is 15.1 Å². The number of Topliss-reactive ketones (excluding diaryl/α,β-unsaturated/α-hetero) is 1. The number of hydrogen-bond donors (Lipinski definition) is 1.